The quantitative estimate of drug-likeness (QED) is 0.619. The number of anilines is 1. The van der Waals surface area contributed by atoms with Crippen molar-refractivity contribution in [3.05, 3.63) is 71.8 Å². The van der Waals surface area contributed by atoms with Gasteiger partial charge < -0.3 is 14.7 Å². The molecule has 2 aromatic rings. The van der Waals surface area contributed by atoms with Crippen molar-refractivity contribution in [3.8, 4) is 0 Å². The number of carbonyl (C=O) groups excluding carboxylic acids is 2. The molecule has 3 atom stereocenters. The number of rotatable bonds is 4. The van der Waals surface area contributed by atoms with Crippen LogP contribution in [0.2, 0.25) is 0 Å². The molecular weight excluding hydrogens is 422 g/mol. The lowest BCUT2D eigenvalue weighted by Gasteiger charge is -2.43. The number of piperazine rings is 1. The second kappa shape index (κ2) is 10.9. The van der Waals surface area contributed by atoms with Gasteiger partial charge in [0, 0.05) is 50.0 Å². The summed E-state index contributed by atoms with van der Waals surface area (Å²) >= 11 is 0. The van der Waals surface area contributed by atoms with E-state index in [1.807, 2.05) is 46.2 Å². The van der Waals surface area contributed by atoms with Crippen molar-refractivity contribution in [1.82, 2.24) is 9.80 Å². The van der Waals surface area contributed by atoms with Gasteiger partial charge >= 0.3 is 0 Å². The Balaban J connectivity index is 1.42. The van der Waals surface area contributed by atoms with Crippen molar-refractivity contribution in [1.29, 1.82) is 0 Å². The van der Waals surface area contributed by atoms with E-state index < -0.39 is 0 Å². The van der Waals surface area contributed by atoms with Crippen LogP contribution in [-0.2, 0) is 9.59 Å². The number of likely N-dealkylation sites (tertiary alicyclic amines) is 1. The van der Waals surface area contributed by atoms with E-state index in [0.29, 0.717) is 6.54 Å². The summed E-state index contributed by atoms with van der Waals surface area (Å²) in [5.41, 5.74) is 3.48. The van der Waals surface area contributed by atoms with Crippen LogP contribution < -0.4 is 4.90 Å². The van der Waals surface area contributed by atoms with Crippen LogP contribution in [0.15, 0.2) is 60.7 Å². The Hall–Kier alpha value is -3.08. The summed E-state index contributed by atoms with van der Waals surface area (Å²) in [6.07, 6.45) is 6.28. The van der Waals surface area contributed by atoms with Gasteiger partial charge in [0.1, 0.15) is 0 Å². The van der Waals surface area contributed by atoms with E-state index >= 15 is 0 Å². The third-order valence-electron chi connectivity index (χ3n) is 7.33. The number of aryl methyl sites for hydroxylation is 1. The second-order valence-corrected chi connectivity index (χ2v) is 9.78. The Morgan fingerprint density at radius 2 is 1.74 bits per heavy atom. The molecule has 2 heterocycles. The zero-order valence-corrected chi connectivity index (χ0v) is 20.7. The summed E-state index contributed by atoms with van der Waals surface area (Å²) < 4.78 is 0. The maximum Gasteiger partial charge on any atom is 0.246 e. The van der Waals surface area contributed by atoms with Crippen molar-refractivity contribution in [2.75, 3.05) is 31.1 Å². The molecule has 5 heteroatoms. The predicted octanol–water partition coefficient (Wildman–Crippen LogP) is 4.76. The molecule has 2 aromatic carbocycles. The normalized spacial score (nSPS) is 23.7. The number of benzene rings is 2. The highest BCUT2D eigenvalue weighted by Gasteiger charge is 2.37. The molecule has 2 amide bonds. The molecule has 0 aliphatic carbocycles. The molecule has 180 valence electrons. The number of amides is 2. The molecule has 2 saturated heterocycles. The maximum atomic E-state index is 13.7. The highest BCUT2D eigenvalue weighted by Crippen LogP contribution is 2.28. The average Bonchev–Trinajstić information content (AvgIpc) is 3.04. The van der Waals surface area contributed by atoms with E-state index in [9.17, 15) is 9.59 Å². The maximum absolute atomic E-state index is 13.7. The minimum atomic E-state index is -0.144. The summed E-state index contributed by atoms with van der Waals surface area (Å²) in [7, 11) is 0. The fourth-order valence-electron chi connectivity index (χ4n) is 5.36. The van der Waals surface area contributed by atoms with Gasteiger partial charge in [0.05, 0.1) is 5.92 Å². The summed E-state index contributed by atoms with van der Waals surface area (Å²) in [5.74, 6) is 0.0537. The van der Waals surface area contributed by atoms with Crippen molar-refractivity contribution in [3.63, 3.8) is 0 Å². The van der Waals surface area contributed by atoms with Crippen molar-refractivity contribution in [2.24, 2.45) is 5.92 Å². The second-order valence-electron chi connectivity index (χ2n) is 9.78. The van der Waals surface area contributed by atoms with Crippen LogP contribution in [0, 0.1) is 12.8 Å². The Bertz CT molecular complexity index is 1020. The minimum absolute atomic E-state index is 0.00584. The third-order valence-corrected chi connectivity index (χ3v) is 7.33. The van der Waals surface area contributed by atoms with Gasteiger partial charge in [-0.15, -0.1) is 0 Å². The first-order valence-electron chi connectivity index (χ1n) is 12.6. The molecule has 2 aliphatic rings. The molecule has 0 bridgehead atoms. The van der Waals surface area contributed by atoms with Crippen molar-refractivity contribution >= 4 is 23.6 Å². The Morgan fingerprint density at radius 3 is 2.47 bits per heavy atom. The summed E-state index contributed by atoms with van der Waals surface area (Å²) in [4.78, 5) is 33.1. The van der Waals surface area contributed by atoms with Gasteiger partial charge in [0.25, 0.3) is 0 Å². The van der Waals surface area contributed by atoms with Crippen LogP contribution in [0.1, 0.15) is 44.2 Å². The largest absolute Gasteiger partial charge is 0.365 e. The Morgan fingerprint density at radius 1 is 0.941 bits per heavy atom. The van der Waals surface area contributed by atoms with Crippen LogP contribution in [-0.4, -0.2) is 59.9 Å². The zero-order valence-electron chi connectivity index (χ0n) is 20.7. The molecule has 0 radical (unpaired) electrons. The van der Waals surface area contributed by atoms with Crippen LogP contribution in [0.3, 0.4) is 0 Å². The van der Waals surface area contributed by atoms with E-state index in [4.69, 9.17) is 0 Å². The first-order chi connectivity index (χ1) is 16.4. The molecule has 0 saturated carbocycles. The van der Waals surface area contributed by atoms with Gasteiger partial charge in [0.15, 0.2) is 0 Å². The predicted molar refractivity (Wildman–Crippen MR) is 139 cm³/mol. The topological polar surface area (TPSA) is 43.9 Å². The summed E-state index contributed by atoms with van der Waals surface area (Å²) in [6.45, 7) is 9.35. The lowest BCUT2D eigenvalue weighted by Crippen LogP contribution is -2.56. The first-order valence-corrected chi connectivity index (χ1v) is 12.6. The van der Waals surface area contributed by atoms with E-state index in [0.717, 1.165) is 44.5 Å². The van der Waals surface area contributed by atoms with Gasteiger partial charge in [-0.1, -0.05) is 48.9 Å². The molecule has 1 unspecified atom stereocenters. The summed E-state index contributed by atoms with van der Waals surface area (Å²) in [5, 5.41) is 0. The molecule has 34 heavy (non-hydrogen) atoms. The Kier molecular flexibility index (Phi) is 7.71. The zero-order chi connectivity index (χ0) is 24.1. The SMILES string of the molecule is Cc1cccc(N2CCN(C(=O)[C@@H]3CCCCN(C(=O)/C=C/c4ccccc4)[C@@H]3C)CC2C)c1. The lowest BCUT2D eigenvalue weighted by atomic mass is 9.93. The van der Waals surface area contributed by atoms with E-state index in [-0.39, 0.29) is 29.8 Å². The molecule has 2 fully saturated rings. The first kappa shape index (κ1) is 24.1. The molecule has 4 rings (SSSR count). The Labute approximate surface area is 204 Å². The van der Waals surface area contributed by atoms with Crippen molar-refractivity contribution in [2.45, 2.75) is 52.1 Å². The van der Waals surface area contributed by atoms with Crippen LogP contribution in [0.4, 0.5) is 5.69 Å². The minimum Gasteiger partial charge on any atom is -0.365 e. The van der Waals surface area contributed by atoms with Crippen LogP contribution >= 0.6 is 0 Å². The fourth-order valence-corrected chi connectivity index (χ4v) is 5.36. The summed E-state index contributed by atoms with van der Waals surface area (Å²) in [6, 6.07) is 18.6. The average molecular weight is 460 g/mol. The smallest absolute Gasteiger partial charge is 0.246 e. The molecule has 0 aromatic heterocycles. The van der Waals surface area contributed by atoms with Crippen molar-refractivity contribution < 1.29 is 9.59 Å². The number of carbonyl (C=O) groups is 2. The monoisotopic (exact) mass is 459 g/mol. The van der Waals surface area contributed by atoms with Gasteiger partial charge in [-0.25, -0.2) is 0 Å². The van der Waals surface area contributed by atoms with E-state index in [2.05, 4.69) is 49.9 Å². The molecular formula is C29H37N3O2. The van der Waals surface area contributed by atoms with Crippen LogP contribution in [0.25, 0.3) is 6.08 Å². The van der Waals surface area contributed by atoms with Gasteiger partial charge in [-0.3, -0.25) is 9.59 Å². The van der Waals surface area contributed by atoms with Gasteiger partial charge in [-0.2, -0.15) is 0 Å². The van der Waals surface area contributed by atoms with Crippen LogP contribution in [0.5, 0.6) is 0 Å². The third kappa shape index (κ3) is 5.52. The fraction of sp³-hybridized carbons (Fsp3) is 0.448. The van der Waals surface area contributed by atoms with Gasteiger partial charge in [-0.05, 0) is 62.9 Å². The molecule has 0 N–H and O–H groups in total. The standard InChI is InChI=1S/C29H37N3O2/c1-22-10-9-13-26(20-22)31-19-18-30(21-23(31)2)29(34)27-14-7-8-17-32(24(27)3)28(33)16-15-25-11-5-4-6-12-25/h4-6,9-13,15-16,20,23-24,27H,7-8,14,17-19,21H2,1-3H3/b16-15+/t23?,24-,27-/m1/s1. The molecule has 2 aliphatic heterocycles. The van der Waals surface area contributed by atoms with E-state index in [1.54, 1.807) is 6.08 Å². The molecule has 5 nitrogen and oxygen atoms in total. The lowest BCUT2D eigenvalue weighted by molar-refractivity contribution is -0.140. The van der Waals surface area contributed by atoms with E-state index in [1.165, 1.54) is 11.3 Å². The molecule has 0 spiro atoms. The van der Waals surface area contributed by atoms with Gasteiger partial charge in [0.2, 0.25) is 11.8 Å². The number of hydrogen-bond acceptors (Lipinski definition) is 3. The highest BCUT2D eigenvalue weighted by atomic mass is 16.2. The highest BCUT2D eigenvalue weighted by molar-refractivity contribution is 5.92. The number of nitrogens with zero attached hydrogens (tertiary/aromatic N) is 3. The number of hydrogen-bond donors (Lipinski definition) is 0.